The Morgan fingerprint density at radius 3 is 2.42 bits per heavy atom. The normalized spacial score (nSPS) is 42.2. The summed E-state index contributed by atoms with van der Waals surface area (Å²) in [4.78, 5) is 2.23. The van der Waals surface area contributed by atoms with Crippen LogP contribution in [0.4, 0.5) is 0 Å². The summed E-state index contributed by atoms with van der Waals surface area (Å²) in [5.41, 5.74) is 0. The van der Waals surface area contributed by atoms with Crippen LogP contribution in [-0.2, 0) is 13.3 Å². The van der Waals surface area contributed by atoms with Gasteiger partial charge in [-0.15, -0.1) is 0 Å². The molecule has 0 N–H and O–H groups in total. The van der Waals surface area contributed by atoms with E-state index in [0.717, 1.165) is 30.4 Å². The third-order valence-corrected chi connectivity index (χ3v) is 7.08. The van der Waals surface area contributed by atoms with Crippen LogP contribution in [0, 0.1) is 0 Å². The van der Waals surface area contributed by atoms with Crippen LogP contribution in [0.15, 0.2) is 0 Å². The lowest BCUT2D eigenvalue weighted by Crippen LogP contribution is -2.47. The highest BCUT2D eigenvalue weighted by molar-refractivity contribution is 14.1. The molecular weight excluding hydrogens is 289 g/mol. The van der Waals surface area contributed by atoms with E-state index in [1.807, 2.05) is 0 Å². The Kier molecular flexibility index (Phi) is 3.03. The molecular formula is C6H12INO3Si. The van der Waals surface area contributed by atoms with Crippen LogP contribution < -0.4 is 0 Å². The van der Waals surface area contributed by atoms with Crippen LogP contribution in [0.3, 0.4) is 0 Å². The summed E-state index contributed by atoms with van der Waals surface area (Å²) in [6.45, 7) is 4.17. The summed E-state index contributed by atoms with van der Waals surface area (Å²) in [7, 11) is -2.22. The molecule has 4 nitrogen and oxygen atoms in total. The summed E-state index contributed by atoms with van der Waals surface area (Å²) in [6, 6.07) is 0. The molecule has 0 radical (unpaired) electrons. The third kappa shape index (κ3) is 1.83. The summed E-state index contributed by atoms with van der Waals surface area (Å²) in [5, 5.41) is 0. The average Bonchev–Trinajstić information content (AvgIpc) is 2.35. The van der Waals surface area contributed by atoms with Crippen molar-refractivity contribution in [2.45, 2.75) is 0 Å². The molecule has 70 valence electrons. The van der Waals surface area contributed by atoms with Crippen molar-refractivity contribution in [3.8, 4) is 0 Å². The van der Waals surface area contributed by atoms with E-state index in [9.17, 15) is 0 Å². The Morgan fingerprint density at radius 2 is 1.83 bits per heavy atom. The number of nitrogens with zero attached hydrogens (tertiary/aromatic N) is 1. The second-order valence-corrected chi connectivity index (χ2v) is 7.69. The average molecular weight is 301 g/mol. The quantitative estimate of drug-likeness (QED) is 0.394. The Balaban J connectivity index is 2.11. The first kappa shape index (κ1) is 9.35. The van der Waals surface area contributed by atoms with Crippen LogP contribution in [-0.4, -0.2) is 50.8 Å². The summed E-state index contributed by atoms with van der Waals surface area (Å²) >= 11 is 2.29. The third-order valence-electron chi connectivity index (χ3n) is 2.09. The zero-order chi connectivity index (χ0) is 8.44. The summed E-state index contributed by atoms with van der Waals surface area (Å²) < 4.78 is 17.8. The fourth-order valence-corrected chi connectivity index (χ4v) is 4.98. The van der Waals surface area contributed by atoms with Crippen molar-refractivity contribution >= 4 is 31.4 Å². The monoisotopic (exact) mass is 301 g/mol. The highest BCUT2D eigenvalue weighted by Crippen LogP contribution is 2.19. The molecule has 2 rings (SSSR count). The zero-order valence-electron chi connectivity index (χ0n) is 6.79. The lowest BCUT2D eigenvalue weighted by molar-refractivity contribution is 0.0978. The van der Waals surface area contributed by atoms with E-state index in [-0.39, 0.29) is 0 Å². The molecule has 6 heteroatoms. The standard InChI is InChI=1S/C6H12INO3Si/c7-5-12-9-3-1-8(6-11-12)2-4-10-12/h1-6H2. The van der Waals surface area contributed by atoms with E-state index in [2.05, 4.69) is 27.5 Å². The first-order chi connectivity index (χ1) is 5.85. The van der Waals surface area contributed by atoms with Gasteiger partial charge in [-0.05, 0) is 0 Å². The molecule has 2 heterocycles. The highest BCUT2D eigenvalue weighted by Gasteiger charge is 2.44. The highest BCUT2D eigenvalue weighted by atomic mass is 127. The first-order valence-electron chi connectivity index (χ1n) is 4.05. The Morgan fingerprint density at radius 1 is 1.17 bits per heavy atom. The molecule has 0 amide bonds. The van der Waals surface area contributed by atoms with Gasteiger partial charge in [-0.1, -0.05) is 22.6 Å². The number of hydrogen-bond acceptors (Lipinski definition) is 4. The van der Waals surface area contributed by atoms with Crippen LogP contribution in [0.2, 0.25) is 0 Å². The molecule has 0 aliphatic carbocycles. The molecule has 0 aromatic carbocycles. The molecule has 2 aliphatic rings. The van der Waals surface area contributed by atoms with Gasteiger partial charge in [-0.2, -0.15) is 0 Å². The van der Waals surface area contributed by atoms with Gasteiger partial charge in [-0.25, -0.2) is 0 Å². The molecule has 0 saturated carbocycles. The van der Waals surface area contributed by atoms with Gasteiger partial charge in [0.15, 0.2) is 0 Å². The van der Waals surface area contributed by atoms with Crippen LogP contribution >= 0.6 is 22.6 Å². The van der Waals surface area contributed by atoms with Crippen molar-refractivity contribution in [2.75, 3.05) is 37.1 Å². The largest absolute Gasteiger partial charge is 0.512 e. The number of rotatable bonds is 1. The second-order valence-electron chi connectivity index (χ2n) is 2.91. The van der Waals surface area contributed by atoms with Crippen molar-refractivity contribution in [2.24, 2.45) is 0 Å². The maximum absolute atomic E-state index is 5.68. The predicted molar refractivity (Wildman–Crippen MR) is 54.1 cm³/mol. The molecule has 0 atom stereocenters. The van der Waals surface area contributed by atoms with Gasteiger partial charge < -0.3 is 13.3 Å². The predicted octanol–water partition coefficient (Wildman–Crippen LogP) is 0.236. The molecule has 0 spiro atoms. The maximum atomic E-state index is 5.68. The minimum atomic E-state index is -2.22. The minimum absolute atomic E-state index is 0.690. The summed E-state index contributed by atoms with van der Waals surface area (Å²) in [5.74, 6) is 0. The SMILES string of the molecule is IC[Si]12OCCN(CCO1)CO2. The van der Waals surface area contributed by atoms with E-state index in [1.165, 1.54) is 0 Å². The van der Waals surface area contributed by atoms with Crippen LogP contribution in [0.5, 0.6) is 0 Å². The van der Waals surface area contributed by atoms with E-state index in [4.69, 9.17) is 13.3 Å². The van der Waals surface area contributed by atoms with Crippen LogP contribution in [0.25, 0.3) is 0 Å². The van der Waals surface area contributed by atoms with Crippen molar-refractivity contribution in [1.29, 1.82) is 0 Å². The molecule has 0 aromatic heterocycles. The van der Waals surface area contributed by atoms with Crippen LogP contribution in [0.1, 0.15) is 0 Å². The molecule has 2 bridgehead atoms. The van der Waals surface area contributed by atoms with Crippen molar-refractivity contribution in [3.63, 3.8) is 0 Å². The Labute approximate surface area is 86.7 Å². The van der Waals surface area contributed by atoms with Gasteiger partial charge in [0.05, 0.1) is 24.0 Å². The van der Waals surface area contributed by atoms with Gasteiger partial charge in [0.25, 0.3) is 0 Å². The van der Waals surface area contributed by atoms with Gasteiger partial charge in [0.1, 0.15) is 0 Å². The van der Waals surface area contributed by atoms with Gasteiger partial charge >= 0.3 is 8.80 Å². The minimum Gasteiger partial charge on any atom is -0.372 e. The Hall–Kier alpha value is 0.787. The van der Waals surface area contributed by atoms with E-state index >= 15 is 0 Å². The molecule has 2 saturated heterocycles. The van der Waals surface area contributed by atoms with Crippen molar-refractivity contribution in [1.82, 2.24) is 4.90 Å². The molecule has 2 aliphatic heterocycles. The number of alkyl halides is 1. The second kappa shape index (κ2) is 3.89. The van der Waals surface area contributed by atoms with E-state index < -0.39 is 8.80 Å². The molecule has 0 aromatic rings. The van der Waals surface area contributed by atoms with E-state index in [0.29, 0.717) is 6.73 Å². The van der Waals surface area contributed by atoms with Crippen molar-refractivity contribution < 1.29 is 13.3 Å². The maximum Gasteiger partial charge on any atom is 0.512 e. The lowest BCUT2D eigenvalue weighted by Gasteiger charge is -2.24. The first-order valence-corrected chi connectivity index (χ1v) is 7.51. The number of halogens is 1. The number of fused-ring (bicyclic) bond motifs is 3. The van der Waals surface area contributed by atoms with Crippen molar-refractivity contribution in [3.05, 3.63) is 0 Å². The fourth-order valence-electron chi connectivity index (χ4n) is 1.33. The Bertz CT molecular complexity index is 161. The summed E-state index contributed by atoms with van der Waals surface area (Å²) in [6.07, 6.45) is 0. The van der Waals surface area contributed by atoms with Gasteiger partial charge in [0, 0.05) is 13.1 Å². The molecule has 2 fully saturated rings. The fraction of sp³-hybridized carbons (Fsp3) is 1.00. The topological polar surface area (TPSA) is 30.9 Å². The molecule has 12 heavy (non-hydrogen) atoms. The van der Waals surface area contributed by atoms with Gasteiger partial charge in [0.2, 0.25) is 0 Å². The smallest absolute Gasteiger partial charge is 0.372 e. The zero-order valence-corrected chi connectivity index (χ0v) is 9.95. The lowest BCUT2D eigenvalue weighted by atomic mass is 10.5. The van der Waals surface area contributed by atoms with Gasteiger partial charge in [-0.3, -0.25) is 4.90 Å². The van der Waals surface area contributed by atoms with E-state index in [1.54, 1.807) is 0 Å². The molecule has 0 unspecified atom stereocenters. The number of hydrogen-bond donors (Lipinski definition) is 0.